The number of hydrogen-bond acceptors (Lipinski definition) is 8. The molecule has 0 amide bonds. The third-order valence-electron chi connectivity index (χ3n) is 5.02. The standard InChI is InChI=1S/C21H25ClO6.C2H6O2.2H2O/c1-2-27-15-6-3-12(4-7-15)9-14-10-13(5-8-16(14)22)21-20(26)19(25)18(24)17(11-23)28-21;3-1-2-4;;/h3-8,10,17-21,23-26H,2,9,11H2,1H3;3-4H,1-2H2;2*1H2/t17-,18-,19+,20-,21+;;;/m1.../s1. The normalized spacial score (nSPS) is 23.6. The first-order chi connectivity index (χ1) is 15.4. The van der Waals surface area contributed by atoms with Gasteiger partial charge in [-0.05, 0) is 48.2 Å². The van der Waals surface area contributed by atoms with Crippen molar-refractivity contribution in [1.29, 1.82) is 0 Å². The van der Waals surface area contributed by atoms with Crippen molar-refractivity contribution in [3.63, 3.8) is 0 Å². The molecule has 3 rings (SSSR count). The summed E-state index contributed by atoms with van der Waals surface area (Å²) < 4.78 is 11.1. The quantitative estimate of drug-likeness (QED) is 0.279. The van der Waals surface area contributed by atoms with Gasteiger partial charge in [-0.15, -0.1) is 0 Å². The molecule has 0 aromatic heterocycles. The van der Waals surface area contributed by atoms with E-state index < -0.39 is 37.1 Å². The maximum atomic E-state index is 10.3. The Hall–Kier alpha value is -1.83. The molecular formula is C23H35ClO10. The third kappa shape index (κ3) is 8.43. The van der Waals surface area contributed by atoms with Crippen molar-refractivity contribution >= 4 is 11.6 Å². The van der Waals surface area contributed by atoms with Crippen LogP contribution in [0.4, 0.5) is 0 Å². The lowest BCUT2D eigenvalue weighted by Gasteiger charge is -2.40. The fourth-order valence-corrected chi connectivity index (χ4v) is 3.56. The van der Waals surface area contributed by atoms with Gasteiger partial charge in [-0.3, -0.25) is 0 Å². The van der Waals surface area contributed by atoms with Crippen molar-refractivity contribution in [3.05, 3.63) is 64.2 Å². The molecule has 0 bridgehead atoms. The zero-order chi connectivity index (χ0) is 23.7. The topological polar surface area (TPSA) is 203 Å². The second kappa shape index (κ2) is 16.0. The van der Waals surface area contributed by atoms with Gasteiger partial charge in [0.2, 0.25) is 0 Å². The molecule has 1 heterocycles. The lowest BCUT2D eigenvalue weighted by molar-refractivity contribution is -0.231. The summed E-state index contributed by atoms with van der Waals surface area (Å²) in [5.41, 5.74) is 2.49. The molecule has 0 aliphatic carbocycles. The molecule has 2 aromatic rings. The summed E-state index contributed by atoms with van der Waals surface area (Å²) in [5.74, 6) is 0.799. The van der Waals surface area contributed by atoms with E-state index in [4.69, 9.17) is 31.3 Å². The van der Waals surface area contributed by atoms with Gasteiger partial charge in [0, 0.05) is 5.02 Å². The fourth-order valence-electron chi connectivity index (χ4n) is 3.37. The maximum Gasteiger partial charge on any atom is 0.119 e. The third-order valence-corrected chi connectivity index (χ3v) is 5.39. The van der Waals surface area contributed by atoms with Crippen molar-refractivity contribution in [3.8, 4) is 5.75 Å². The largest absolute Gasteiger partial charge is 0.494 e. The number of benzene rings is 2. The minimum absolute atomic E-state index is 0. The van der Waals surface area contributed by atoms with Crippen molar-refractivity contribution in [2.75, 3.05) is 26.4 Å². The summed E-state index contributed by atoms with van der Waals surface area (Å²) in [4.78, 5) is 0. The van der Waals surface area contributed by atoms with Crippen LogP contribution >= 0.6 is 11.6 Å². The smallest absolute Gasteiger partial charge is 0.119 e. The van der Waals surface area contributed by atoms with Crippen LogP contribution in [-0.4, -0.2) is 92.4 Å². The number of ether oxygens (including phenoxy) is 2. The molecule has 10 N–H and O–H groups in total. The Bertz CT molecular complexity index is 816. The fraction of sp³-hybridized carbons (Fsp3) is 0.478. The molecule has 194 valence electrons. The first-order valence-corrected chi connectivity index (χ1v) is 10.8. The van der Waals surface area contributed by atoms with E-state index in [-0.39, 0.29) is 24.2 Å². The van der Waals surface area contributed by atoms with Crippen LogP contribution in [0, 0.1) is 0 Å². The molecule has 1 fully saturated rings. The van der Waals surface area contributed by atoms with E-state index in [1.807, 2.05) is 37.3 Å². The van der Waals surface area contributed by atoms with Gasteiger partial charge in [-0.25, -0.2) is 0 Å². The van der Waals surface area contributed by atoms with Gasteiger partial charge in [-0.1, -0.05) is 35.9 Å². The van der Waals surface area contributed by atoms with E-state index in [1.165, 1.54) is 0 Å². The highest BCUT2D eigenvalue weighted by molar-refractivity contribution is 6.31. The van der Waals surface area contributed by atoms with Crippen LogP contribution < -0.4 is 4.74 Å². The monoisotopic (exact) mass is 506 g/mol. The Balaban J connectivity index is 0.00000168. The summed E-state index contributed by atoms with van der Waals surface area (Å²) in [7, 11) is 0. The number of aliphatic hydroxyl groups is 6. The highest BCUT2D eigenvalue weighted by Gasteiger charge is 2.44. The van der Waals surface area contributed by atoms with Crippen LogP contribution in [0.3, 0.4) is 0 Å². The first kappa shape index (κ1) is 32.2. The van der Waals surface area contributed by atoms with Gasteiger partial charge in [-0.2, -0.15) is 0 Å². The Morgan fingerprint density at radius 2 is 1.50 bits per heavy atom. The Morgan fingerprint density at radius 1 is 0.882 bits per heavy atom. The van der Waals surface area contributed by atoms with Gasteiger partial charge < -0.3 is 51.1 Å². The average molecular weight is 507 g/mol. The van der Waals surface area contributed by atoms with Crippen LogP contribution in [0.5, 0.6) is 5.75 Å². The van der Waals surface area contributed by atoms with Crippen LogP contribution in [0.2, 0.25) is 5.02 Å². The van der Waals surface area contributed by atoms with Gasteiger partial charge in [0.05, 0.1) is 26.4 Å². The van der Waals surface area contributed by atoms with E-state index >= 15 is 0 Å². The van der Waals surface area contributed by atoms with Crippen molar-refractivity contribution < 1.29 is 51.1 Å². The molecule has 1 aliphatic heterocycles. The predicted octanol–water partition coefficient (Wildman–Crippen LogP) is -0.834. The Labute approximate surface area is 203 Å². The van der Waals surface area contributed by atoms with E-state index in [2.05, 4.69) is 0 Å². The van der Waals surface area contributed by atoms with E-state index in [0.29, 0.717) is 23.6 Å². The summed E-state index contributed by atoms with van der Waals surface area (Å²) in [6, 6.07) is 12.9. The number of halogens is 1. The molecule has 0 saturated carbocycles. The number of hydrogen-bond donors (Lipinski definition) is 6. The van der Waals surface area contributed by atoms with Crippen molar-refractivity contribution in [1.82, 2.24) is 0 Å². The van der Waals surface area contributed by atoms with Gasteiger partial charge >= 0.3 is 0 Å². The number of rotatable bonds is 7. The Morgan fingerprint density at radius 3 is 2.03 bits per heavy atom. The van der Waals surface area contributed by atoms with Crippen LogP contribution in [0.25, 0.3) is 0 Å². The zero-order valence-electron chi connectivity index (χ0n) is 18.8. The highest BCUT2D eigenvalue weighted by atomic mass is 35.5. The SMILES string of the molecule is CCOc1ccc(Cc2cc([C@@H]3O[C@H](CO)[C@@H](O)[C@H](O)[C@H]3O)ccc2Cl)cc1.O.O.OCCO. The van der Waals surface area contributed by atoms with Crippen LogP contribution in [0.15, 0.2) is 42.5 Å². The average Bonchev–Trinajstić information content (AvgIpc) is 2.81. The second-order valence-corrected chi connectivity index (χ2v) is 7.71. The predicted molar refractivity (Wildman–Crippen MR) is 126 cm³/mol. The molecule has 0 radical (unpaired) electrons. The molecule has 1 aliphatic rings. The first-order valence-electron chi connectivity index (χ1n) is 10.4. The molecular weight excluding hydrogens is 472 g/mol. The van der Waals surface area contributed by atoms with Crippen molar-refractivity contribution in [2.24, 2.45) is 0 Å². The molecule has 0 unspecified atom stereocenters. The van der Waals surface area contributed by atoms with E-state index in [1.54, 1.807) is 12.1 Å². The van der Waals surface area contributed by atoms with Crippen LogP contribution in [-0.2, 0) is 11.2 Å². The molecule has 2 aromatic carbocycles. The molecule has 0 spiro atoms. The van der Waals surface area contributed by atoms with Gasteiger partial charge in [0.1, 0.15) is 36.3 Å². The van der Waals surface area contributed by atoms with Gasteiger partial charge in [0.15, 0.2) is 0 Å². The van der Waals surface area contributed by atoms with E-state index in [0.717, 1.165) is 16.9 Å². The molecule has 10 nitrogen and oxygen atoms in total. The van der Waals surface area contributed by atoms with Crippen molar-refractivity contribution in [2.45, 2.75) is 43.9 Å². The summed E-state index contributed by atoms with van der Waals surface area (Å²) in [5, 5.41) is 55.5. The van der Waals surface area contributed by atoms with E-state index in [9.17, 15) is 20.4 Å². The minimum Gasteiger partial charge on any atom is -0.494 e. The lowest BCUT2D eigenvalue weighted by Crippen LogP contribution is -2.55. The number of aliphatic hydroxyl groups excluding tert-OH is 6. The minimum atomic E-state index is -1.42. The molecule has 34 heavy (non-hydrogen) atoms. The summed E-state index contributed by atoms with van der Waals surface area (Å²) in [6.45, 7) is 1.82. The molecule has 1 saturated heterocycles. The summed E-state index contributed by atoms with van der Waals surface area (Å²) in [6.07, 6.45) is -5.39. The van der Waals surface area contributed by atoms with Gasteiger partial charge in [0.25, 0.3) is 0 Å². The highest BCUT2D eigenvalue weighted by Crippen LogP contribution is 2.34. The molecule has 11 heteroatoms. The summed E-state index contributed by atoms with van der Waals surface area (Å²) >= 11 is 6.35. The zero-order valence-corrected chi connectivity index (χ0v) is 19.6. The lowest BCUT2D eigenvalue weighted by atomic mass is 9.90. The van der Waals surface area contributed by atoms with Crippen LogP contribution in [0.1, 0.15) is 29.7 Å². The maximum absolute atomic E-state index is 10.3. The molecule has 5 atom stereocenters. The Kier molecular flexibility index (Phi) is 15.1. The second-order valence-electron chi connectivity index (χ2n) is 7.30.